The van der Waals surface area contributed by atoms with E-state index in [4.69, 9.17) is 4.74 Å². The lowest BCUT2D eigenvalue weighted by Gasteiger charge is -2.20. The van der Waals surface area contributed by atoms with Gasteiger partial charge in [0, 0.05) is 18.2 Å². The Labute approximate surface area is 139 Å². The van der Waals surface area contributed by atoms with Gasteiger partial charge in [0.2, 0.25) is 0 Å². The summed E-state index contributed by atoms with van der Waals surface area (Å²) in [6.45, 7) is 0. The van der Waals surface area contributed by atoms with Crippen LogP contribution in [-0.2, 0) is 10.0 Å². The van der Waals surface area contributed by atoms with E-state index in [0.29, 0.717) is 16.9 Å². The van der Waals surface area contributed by atoms with Gasteiger partial charge in [-0.15, -0.1) is 4.40 Å². The van der Waals surface area contributed by atoms with Gasteiger partial charge in [-0.3, -0.25) is 15.2 Å². The SMILES string of the molecule is COc1cccc(C(=O)NN(C)C2=NS(=O)(=O)c3ccccc32)c1. The number of rotatable bonds is 2. The summed E-state index contributed by atoms with van der Waals surface area (Å²) in [7, 11) is -0.688. The second-order valence-electron chi connectivity index (χ2n) is 5.12. The molecule has 1 aliphatic rings. The summed E-state index contributed by atoms with van der Waals surface area (Å²) in [6, 6.07) is 13.1. The molecule has 2 aromatic carbocycles. The van der Waals surface area contributed by atoms with Gasteiger partial charge < -0.3 is 4.74 Å². The minimum absolute atomic E-state index is 0.127. The Bertz CT molecular complexity index is 938. The standard InChI is InChI=1S/C16H15N3O4S/c1-19(17-16(20)11-6-5-7-12(10-11)23-2)15-13-8-3-4-9-14(13)24(21,22)18-15/h3-10H,1-2H3,(H,17,20). The third-order valence-electron chi connectivity index (χ3n) is 3.53. The third kappa shape index (κ3) is 2.83. The Kier molecular flexibility index (Phi) is 3.98. The van der Waals surface area contributed by atoms with E-state index in [1.165, 1.54) is 25.2 Å². The average molecular weight is 345 g/mol. The number of nitrogens with zero attached hydrogens (tertiary/aromatic N) is 2. The van der Waals surface area contributed by atoms with Crippen molar-refractivity contribution in [1.82, 2.24) is 10.4 Å². The Hall–Kier alpha value is -2.87. The number of sulfonamides is 1. The van der Waals surface area contributed by atoms with Crippen LogP contribution in [0.5, 0.6) is 5.75 Å². The van der Waals surface area contributed by atoms with Crippen LogP contribution >= 0.6 is 0 Å². The van der Waals surface area contributed by atoms with E-state index in [1.807, 2.05) is 0 Å². The molecule has 0 saturated heterocycles. The van der Waals surface area contributed by atoms with Crippen molar-refractivity contribution < 1.29 is 17.9 Å². The minimum Gasteiger partial charge on any atom is -0.497 e. The summed E-state index contributed by atoms with van der Waals surface area (Å²) in [5, 5.41) is 1.30. The molecular formula is C16H15N3O4S. The number of hydrogen-bond donors (Lipinski definition) is 1. The zero-order valence-corrected chi connectivity index (χ0v) is 13.9. The molecule has 1 N–H and O–H groups in total. The molecule has 0 spiro atoms. The van der Waals surface area contributed by atoms with Gasteiger partial charge in [-0.05, 0) is 30.3 Å². The van der Waals surface area contributed by atoms with Crippen molar-refractivity contribution in [2.45, 2.75) is 4.90 Å². The molecule has 0 aliphatic carbocycles. The number of methoxy groups -OCH3 is 1. The van der Waals surface area contributed by atoms with Gasteiger partial charge in [0.1, 0.15) is 10.6 Å². The number of ether oxygens (including phenoxy) is 1. The summed E-state index contributed by atoms with van der Waals surface area (Å²) in [6.07, 6.45) is 0. The number of carbonyl (C=O) groups excluding carboxylic acids is 1. The molecule has 1 aliphatic heterocycles. The van der Waals surface area contributed by atoms with Crippen molar-refractivity contribution in [3.05, 3.63) is 59.7 Å². The van der Waals surface area contributed by atoms with E-state index in [-0.39, 0.29) is 10.7 Å². The summed E-state index contributed by atoms with van der Waals surface area (Å²) in [5.41, 5.74) is 3.45. The first-order chi connectivity index (χ1) is 11.4. The predicted molar refractivity (Wildman–Crippen MR) is 88.4 cm³/mol. The Morgan fingerprint density at radius 2 is 1.92 bits per heavy atom. The first-order valence-corrected chi connectivity index (χ1v) is 8.49. The second-order valence-corrected chi connectivity index (χ2v) is 6.69. The van der Waals surface area contributed by atoms with Crippen molar-refractivity contribution in [3.8, 4) is 5.75 Å². The molecular weight excluding hydrogens is 330 g/mol. The van der Waals surface area contributed by atoms with E-state index in [0.717, 1.165) is 0 Å². The summed E-state index contributed by atoms with van der Waals surface area (Å²) < 4.78 is 33.0. The van der Waals surface area contributed by atoms with Crippen LogP contribution in [0, 0.1) is 0 Å². The molecule has 0 atom stereocenters. The monoisotopic (exact) mass is 345 g/mol. The highest BCUT2D eigenvalue weighted by molar-refractivity contribution is 7.90. The number of hydrogen-bond acceptors (Lipinski definition) is 5. The van der Waals surface area contributed by atoms with Gasteiger partial charge in [-0.1, -0.05) is 18.2 Å². The molecule has 0 fully saturated rings. The van der Waals surface area contributed by atoms with Crippen LogP contribution in [0.3, 0.4) is 0 Å². The highest BCUT2D eigenvalue weighted by atomic mass is 32.2. The van der Waals surface area contributed by atoms with Crippen LogP contribution in [0.25, 0.3) is 0 Å². The molecule has 0 unspecified atom stereocenters. The summed E-state index contributed by atoms with van der Waals surface area (Å²) in [4.78, 5) is 12.5. The van der Waals surface area contributed by atoms with Gasteiger partial charge >= 0.3 is 0 Å². The number of hydrazine groups is 1. The van der Waals surface area contributed by atoms with Crippen LogP contribution < -0.4 is 10.2 Å². The highest BCUT2D eigenvalue weighted by Gasteiger charge is 2.31. The lowest BCUT2D eigenvalue weighted by molar-refractivity contribution is 0.0887. The number of carbonyl (C=O) groups is 1. The molecule has 2 aromatic rings. The quantitative estimate of drug-likeness (QED) is 0.832. The lowest BCUT2D eigenvalue weighted by Crippen LogP contribution is -2.43. The van der Waals surface area contributed by atoms with E-state index >= 15 is 0 Å². The first kappa shape index (κ1) is 16.0. The normalized spacial score (nSPS) is 14.5. The maximum absolute atomic E-state index is 12.3. The van der Waals surface area contributed by atoms with Gasteiger partial charge in [0.05, 0.1) is 7.11 Å². The van der Waals surface area contributed by atoms with Crippen LogP contribution in [-0.4, -0.2) is 39.3 Å². The molecule has 1 heterocycles. The van der Waals surface area contributed by atoms with Crippen molar-refractivity contribution in [1.29, 1.82) is 0 Å². The largest absolute Gasteiger partial charge is 0.497 e. The van der Waals surface area contributed by atoms with Crippen molar-refractivity contribution in [3.63, 3.8) is 0 Å². The van der Waals surface area contributed by atoms with Crippen LogP contribution in [0.1, 0.15) is 15.9 Å². The fourth-order valence-electron chi connectivity index (χ4n) is 2.36. The zero-order chi connectivity index (χ0) is 17.3. The Morgan fingerprint density at radius 1 is 1.17 bits per heavy atom. The number of nitrogens with one attached hydrogen (secondary N) is 1. The fourth-order valence-corrected chi connectivity index (χ4v) is 3.60. The van der Waals surface area contributed by atoms with E-state index in [9.17, 15) is 13.2 Å². The average Bonchev–Trinajstić information content (AvgIpc) is 2.87. The van der Waals surface area contributed by atoms with E-state index in [1.54, 1.807) is 42.5 Å². The maximum atomic E-state index is 12.3. The number of amides is 1. The minimum atomic E-state index is -3.74. The first-order valence-electron chi connectivity index (χ1n) is 7.05. The zero-order valence-electron chi connectivity index (χ0n) is 13.1. The van der Waals surface area contributed by atoms with Crippen molar-refractivity contribution in [2.75, 3.05) is 14.2 Å². The topological polar surface area (TPSA) is 88.1 Å². The highest BCUT2D eigenvalue weighted by Crippen LogP contribution is 2.26. The second kappa shape index (κ2) is 5.97. The van der Waals surface area contributed by atoms with Gasteiger partial charge in [-0.2, -0.15) is 8.42 Å². The smallest absolute Gasteiger partial charge is 0.285 e. The van der Waals surface area contributed by atoms with Crippen LogP contribution in [0.2, 0.25) is 0 Å². The molecule has 0 saturated carbocycles. The third-order valence-corrected chi connectivity index (χ3v) is 4.86. The fraction of sp³-hybridized carbons (Fsp3) is 0.125. The number of amidine groups is 1. The summed E-state index contributed by atoms with van der Waals surface area (Å²) >= 11 is 0. The molecule has 24 heavy (non-hydrogen) atoms. The number of fused-ring (bicyclic) bond motifs is 1. The molecule has 8 heteroatoms. The van der Waals surface area contributed by atoms with Crippen LogP contribution in [0.15, 0.2) is 57.8 Å². The molecule has 0 bridgehead atoms. The maximum Gasteiger partial charge on any atom is 0.285 e. The molecule has 0 radical (unpaired) electrons. The summed E-state index contributed by atoms with van der Waals surface area (Å²) in [5.74, 6) is 0.319. The number of benzene rings is 2. The van der Waals surface area contributed by atoms with E-state index < -0.39 is 15.9 Å². The predicted octanol–water partition coefficient (Wildman–Crippen LogP) is 1.42. The van der Waals surface area contributed by atoms with Crippen molar-refractivity contribution in [2.24, 2.45) is 4.40 Å². The van der Waals surface area contributed by atoms with Gasteiger partial charge in [0.25, 0.3) is 15.9 Å². The molecule has 7 nitrogen and oxygen atoms in total. The molecule has 3 rings (SSSR count). The van der Waals surface area contributed by atoms with E-state index in [2.05, 4.69) is 9.82 Å². The molecule has 124 valence electrons. The molecule has 1 amide bonds. The lowest BCUT2D eigenvalue weighted by atomic mass is 10.2. The van der Waals surface area contributed by atoms with Crippen LogP contribution in [0.4, 0.5) is 0 Å². The van der Waals surface area contributed by atoms with Gasteiger partial charge in [-0.25, -0.2) is 0 Å². The molecule has 0 aromatic heterocycles. The Morgan fingerprint density at radius 3 is 2.67 bits per heavy atom. The van der Waals surface area contributed by atoms with Gasteiger partial charge in [0.15, 0.2) is 5.84 Å². The van der Waals surface area contributed by atoms with Crippen molar-refractivity contribution >= 4 is 21.8 Å². The Balaban J connectivity index is 1.85.